The quantitative estimate of drug-likeness (QED) is 0.436. The molecule has 1 atom stereocenters. The predicted octanol–water partition coefficient (Wildman–Crippen LogP) is 4.09. The van der Waals surface area contributed by atoms with Gasteiger partial charge in [0.05, 0.1) is 18.6 Å². The number of nitrogens with zero attached hydrogens (tertiary/aromatic N) is 3. The van der Waals surface area contributed by atoms with Gasteiger partial charge >= 0.3 is 0 Å². The summed E-state index contributed by atoms with van der Waals surface area (Å²) in [6.07, 6.45) is 2.61. The molecule has 2 aromatic carbocycles. The van der Waals surface area contributed by atoms with E-state index in [1.807, 2.05) is 34.9 Å². The maximum Gasteiger partial charge on any atom is 0.228 e. The van der Waals surface area contributed by atoms with Crippen LogP contribution in [0.5, 0.6) is 23.1 Å². The van der Waals surface area contributed by atoms with Crippen molar-refractivity contribution in [2.24, 2.45) is 0 Å². The normalized spacial score (nSPS) is 14.6. The summed E-state index contributed by atoms with van der Waals surface area (Å²) in [6.45, 7) is 8.05. The van der Waals surface area contributed by atoms with Crippen LogP contribution in [0.2, 0.25) is 0 Å². The van der Waals surface area contributed by atoms with Crippen LogP contribution in [-0.2, 0) is 6.54 Å². The summed E-state index contributed by atoms with van der Waals surface area (Å²) in [5.74, 6) is 1.50. The number of phenolic OH excluding ortho intramolecular Hbond substituents is 1. The van der Waals surface area contributed by atoms with Gasteiger partial charge in [-0.3, -0.25) is 5.41 Å². The van der Waals surface area contributed by atoms with Gasteiger partial charge in [-0.05, 0) is 38.2 Å². The first-order valence-electron chi connectivity index (χ1n) is 11.1. The van der Waals surface area contributed by atoms with Crippen LogP contribution in [0.4, 0.5) is 0 Å². The van der Waals surface area contributed by atoms with Crippen LogP contribution in [0.1, 0.15) is 42.9 Å². The van der Waals surface area contributed by atoms with Gasteiger partial charge in [0.1, 0.15) is 29.1 Å². The summed E-state index contributed by atoms with van der Waals surface area (Å²) in [5, 5.41) is 19.0. The zero-order valence-corrected chi connectivity index (χ0v) is 18.8. The Hall–Kier alpha value is -3.32. The maximum absolute atomic E-state index is 10.0. The number of benzene rings is 2. The third-order valence-electron chi connectivity index (χ3n) is 6.11. The molecule has 2 N–H and O–H groups in total. The molecule has 1 aromatic heterocycles. The average molecular weight is 435 g/mol. The molecule has 0 fully saturated rings. The van der Waals surface area contributed by atoms with Crippen molar-refractivity contribution in [2.75, 3.05) is 26.7 Å². The Morgan fingerprint density at radius 2 is 1.94 bits per heavy atom. The van der Waals surface area contributed by atoms with Gasteiger partial charge in [0.25, 0.3) is 0 Å². The molecule has 0 bridgehead atoms. The largest absolute Gasteiger partial charge is 0.508 e. The summed E-state index contributed by atoms with van der Waals surface area (Å²) in [4.78, 5) is 6.94. The number of aromatic nitrogens is 2. The van der Waals surface area contributed by atoms with Crippen molar-refractivity contribution in [2.45, 2.75) is 32.7 Å². The van der Waals surface area contributed by atoms with Gasteiger partial charge in [0, 0.05) is 23.7 Å². The van der Waals surface area contributed by atoms with Gasteiger partial charge in [-0.15, -0.1) is 0 Å². The Labute approximate surface area is 188 Å². The van der Waals surface area contributed by atoms with Crippen LogP contribution >= 0.6 is 0 Å². The molecule has 1 aliphatic rings. The molecule has 168 valence electrons. The number of para-hydroxylation sites is 1. The molecule has 4 rings (SSSR count). The molecule has 3 aromatic rings. The molecule has 32 heavy (non-hydrogen) atoms. The molecule has 7 heteroatoms. The predicted molar refractivity (Wildman–Crippen MR) is 123 cm³/mol. The maximum atomic E-state index is 10.0. The van der Waals surface area contributed by atoms with E-state index in [-0.39, 0.29) is 11.7 Å². The highest BCUT2D eigenvalue weighted by Crippen LogP contribution is 2.47. The SMILES string of the molecule is CCN(CC)CCCn1cnc2c(c1=N)C(c1ccccc1OC)c1ccc(O)cc1O2. The van der Waals surface area contributed by atoms with E-state index >= 15 is 0 Å². The number of hydrogen-bond donors (Lipinski definition) is 2. The molecule has 1 unspecified atom stereocenters. The zero-order chi connectivity index (χ0) is 22.7. The van der Waals surface area contributed by atoms with Crippen molar-refractivity contribution in [3.63, 3.8) is 0 Å². The topological polar surface area (TPSA) is 83.6 Å². The number of rotatable bonds is 8. The summed E-state index contributed by atoms with van der Waals surface area (Å²) in [5.41, 5.74) is 2.89. The summed E-state index contributed by atoms with van der Waals surface area (Å²) >= 11 is 0. The van der Waals surface area contributed by atoms with Crippen LogP contribution in [0.15, 0.2) is 48.8 Å². The third-order valence-corrected chi connectivity index (χ3v) is 6.11. The van der Waals surface area contributed by atoms with E-state index in [1.165, 1.54) is 0 Å². The van der Waals surface area contributed by atoms with Crippen LogP contribution in [0.3, 0.4) is 0 Å². The Morgan fingerprint density at radius 3 is 2.69 bits per heavy atom. The second-order valence-corrected chi connectivity index (χ2v) is 7.88. The fourth-order valence-electron chi connectivity index (χ4n) is 4.36. The Morgan fingerprint density at radius 1 is 1.16 bits per heavy atom. The standard InChI is InChI=1S/C25H30N4O3/c1-4-28(5-2)13-8-14-29-16-27-25-23(24(29)26)22(18-9-6-7-10-20(18)31-3)19-12-11-17(30)15-21(19)32-25/h6-7,9-12,15-16,22,26,30H,4-5,8,13-14H2,1-3H3. The van der Waals surface area contributed by atoms with E-state index in [1.54, 1.807) is 25.6 Å². The monoisotopic (exact) mass is 434 g/mol. The van der Waals surface area contributed by atoms with E-state index < -0.39 is 0 Å². The smallest absolute Gasteiger partial charge is 0.228 e. The second-order valence-electron chi connectivity index (χ2n) is 7.88. The number of phenols is 1. The summed E-state index contributed by atoms with van der Waals surface area (Å²) in [6, 6.07) is 12.9. The molecule has 0 radical (unpaired) electrons. The van der Waals surface area contributed by atoms with Crippen molar-refractivity contribution in [1.29, 1.82) is 5.41 Å². The van der Waals surface area contributed by atoms with Gasteiger partial charge in [-0.2, -0.15) is 0 Å². The molecule has 0 saturated heterocycles. The molecule has 7 nitrogen and oxygen atoms in total. The van der Waals surface area contributed by atoms with Crippen molar-refractivity contribution in [1.82, 2.24) is 14.5 Å². The number of aryl methyl sites for hydroxylation is 1. The van der Waals surface area contributed by atoms with Crippen LogP contribution < -0.4 is 15.0 Å². The minimum Gasteiger partial charge on any atom is -0.508 e. The lowest BCUT2D eigenvalue weighted by Crippen LogP contribution is -2.31. The Bertz CT molecular complexity index is 1150. The van der Waals surface area contributed by atoms with E-state index in [0.717, 1.165) is 42.9 Å². The minimum absolute atomic E-state index is 0.125. The highest BCUT2D eigenvalue weighted by molar-refractivity contribution is 5.59. The number of aromatic hydroxyl groups is 1. The van der Waals surface area contributed by atoms with Crippen molar-refractivity contribution < 1.29 is 14.6 Å². The lowest BCUT2D eigenvalue weighted by Gasteiger charge is -2.29. The first-order valence-corrected chi connectivity index (χ1v) is 11.1. The minimum atomic E-state index is -0.291. The number of fused-ring (bicyclic) bond motifs is 2. The number of nitrogens with one attached hydrogen (secondary N) is 1. The fraction of sp³-hybridized carbons (Fsp3) is 0.360. The van der Waals surface area contributed by atoms with Crippen LogP contribution in [0.25, 0.3) is 0 Å². The van der Waals surface area contributed by atoms with Crippen molar-refractivity contribution >= 4 is 0 Å². The average Bonchev–Trinajstić information content (AvgIpc) is 2.81. The molecular formula is C25H30N4O3. The molecule has 2 heterocycles. The highest BCUT2D eigenvalue weighted by Gasteiger charge is 2.33. The van der Waals surface area contributed by atoms with Crippen molar-refractivity contribution in [3.8, 4) is 23.1 Å². The summed E-state index contributed by atoms with van der Waals surface area (Å²) < 4.78 is 13.6. The lowest BCUT2D eigenvalue weighted by molar-refractivity contribution is 0.291. The Balaban J connectivity index is 1.79. The van der Waals surface area contributed by atoms with E-state index in [4.69, 9.17) is 14.9 Å². The summed E-state index contributed by atoms with van der Waals surface area (Å²) in [7, 11) is 1.65. The van der Waals surface area contributed by atoms with E-state index in [9.17, 15) is 5.11 Å². The van der Waals surface area contributed by atoms with Crippen LogP contribution in [0, 0.1) is 5.41 Å². The van der Waals surface area contributed by atoms with Crippen molar-refractivity contribution in [3.05, 3.63) is 71.0 Å². The van der Waals surface area contributed by atoms with E-state index in [0.29, 0.717) is 29.2 Å². The molecule has 0 amide bonds. The number of ether oxygens (including phenoxy) is 2. The second kappa shape index (κ2) is 9.44. The van der Waals surface area contributed by atoms with E-state index in [2.05, 4.69) is 23.7 Å². The zero-order valence-electron chi connectivity index (χ0n) is 18.8. The molecule has 0 saturated carbocycles. The highest BCUT2D eigenvalue weighted by atomic mass is 16.5. The molecule has 1 aliphatic heterocycles. The number of methoxy groups -OCH3 is 1. The van der Waals surface area contributed by atoms with Gasteiger partial charge in [-0.1, -0.05) is 38.1 Å². The first-order chi connectivity index (χ1) is 15.6. The Kier molecular flexibility index (Phi) is 6.46. The van der Waals surface area contributed by atoms with Gasteiger partial charge in [0.2, 0.25) is 5.88 Å². The fourth-order valence-corrected chi connectivity index (χ4v) is 4.36. The number of hydrogen-bond acceptors (Lipinski definition) is 6. The third kappa shape index (κ3) is 4.08. The first kappa shape index (κ1) is 21.9. The van der Waals surface area contributed by atoms with Gasteiger partial charge in [-0.25, -0.2) is 4.98 Å². The van der Waals surface area contributed by atoms with Gasteiger partial charge in [0.15, 0.2) is 0 Å². The lowest BCUT2D eigenvalue weighted by atomic mass is 9.83. The van der Waals surface area contributed by atoms with Crippen LogP contribution in [-0.4, -0.2) is 46.3 Å². The van der Waals surface area contributed by atoms with Gasteiger partial charge < -0.3 is 24.0 Å². The molecule has 0 spiro atoms. The molecular weight excluding hydrogens is 404 g/mol. The molecule has 0 aliphatic carbocycles.